The molecule has 1 unspecified atom stereocenters. The second kappa shape index (κ2) is 65.6. The summed E-state index contributed by atoms with van der Waals surface area (Å²) < 4.78 is 16.8. The number of carbonyl (C=O) groups is 3. The van der Waals surface area contributed by atoms with E-state index in [-0.39, 0.29) is 31.1 Å². The Bertz CT molecular complexity index is 1380. The van der Waals surface area contributed by atoms with Gasteiger partial charge in [0.2, 0.25) is 0 Å². The quantitative estimate of drug-likeness (QED) is 0.0261. The topological polar surface area (TPSA) is 78.9 Å². The molecular weight excluding hydrogens is 949 g/mol. The van der Waals surface area contributed by atoms with Gasteiger partial charge in [0.25, 0.3) is 0 Å². The van der Waals surface area contributed by atoms with Gasteiger partial charge >= 0.3 is 17.9 Å². The molecular formula is C71H128O6. The number of rotatable bonds is 62. The van der Waals surface area contributed by atoms with Gasteiger partial charge < -0.3 is 14.2 Å². The zero-order valence-electron chi connectivity index (χ0n) is 51.5. The average molecular weight is 1080 g/mol. The molecule has 0 saturated heterocycles. The van der Waals surface area contributed by atoms with E-state index >= 15 is 0 Å². The monoisotopic (exact) mass is 1080 g/mol. The van der Waals surface area contributed by atoms with Gasteiger partial charge in [-0.15, -0.1) is 0 Å². The normalized spacial score (nSPS) is 12.4. The Kier molecular flexibility index (Phi) is 63.2. The Balaban J connectivity index is 3.97. The molecule has 6 nitrogen and oxygen atoms in total. The van der Waals surface area contributed by atoms with Crippen molar-refractivity contribution in [1.82, 2.24) is 0 Å². The maximum absolute atomic E-state index is 12.8. The summed E-state index contributed by atoms with van der Waals surface area (Å²) in [5.74, 6) is -0.879. The fourth-order valence-corrected chi connectivity index (χ4v) is 9.89. The van der Waals surface area contributed by atoms with Crippen LogP contribution < -0.4 is 0 Å². The molecule has 0 rings (SSSR count). The van der Waals surface area contributed by atoms with Gasteiger partial charge in [0.05, 0.1) is 0 Å². The minimum absolute atomic E-state index is 0.0742. The molecule has 0 fully saturated rings. The van der Waals surface area contributed by atoms with Gasteiger partial charge in [-0.05, 0) is 89.9 Å². The van der Waals surface area contributed by atoms with Gasteiger partial charge in [0, 0.05) is 19.3 Å². The van der Waals surface area contributed by atoms with Crippen LogP contribution in [-0.2, 0) is 28.6 Å². The van der Waals surface area contributed by atoms with Crippen molar-refractivity contribution in [2.45, 2.75) is 361 Å². The van der Waals surface area contributed by atoms with E-state index in [2.05, 4.69) is 81.5 Å². The first-order valence-electron chi connectivity index (χ1n) is 33.8. The maximum atomic E-state index is 12.8. The molecule has 1 atom stereocenters. The minimum atomic E-state index is -0.774. The van der Waals surface area contributed by atoms with Crippen LogP contribution in [0.3, 0.4) is 0 Å². The van der Waals surface area contributed by atoms with Crippen LogP contribution in [0, 0.1) is 0 Å². The fourth-order valence-electron chi connectivity index (χ4n) is 9.89. The number of esters is 3. The van der Waals surface area contributed by atoms with Crippen LogP contribution in [0.2, 0.25) is 0 Å². The smallest absolute Gasteiger partial charge is 0.306 e. The lowest BCUT2D eigenvalue weighted by atomic mass is 10.0. The first-order chi connectivity index (χ1) is 38.0. The van der Waals surface area contributed by atoms with Crippen LogP contribution in [0.15, 0.2) is 60.8 Å². The molecule has 0 aromatic carbocycles. The fraction of sp³-hybridized carbons (Fsp3) is 0.817. The van der Waals surface area contributed by atoms with Gasteiger partial charge in [0.1, 0.15) is 13.2 Å². The summed E-state index contributed by atoms with van der Waals surface area (Å²) in [6, 6.07) is 0. The van der Waals surface area contributed by atoms with Crippen LogP contribution in [0.1, 0.15) is 355 Å². The highest BCUT2D eigenvalue weighted by atomic mass is 16.6. The summed E-state index contributed by atoms with van der Waals surface area (Å²) in [6.07, 6.45) is 84.4. The summed E-state index contributed by atoms with van der Waals surface area (Å²) in [5.41, 5.74) is 0. The van der Waals surface area contributed by atoms with E-state index in [0.29, 0.717) is 19.3 Å². The zero-order chi connectivity index (χ0) is 55.7. The zero-order valence-corrected chi connectivity index (χ0v) is 51.5. The minimum Gasteiger partial charge on any atom is -0.462 e. The number of unbranched alkanes of at least 4 members (excludes halogenated alkanes) is 41. The first-order valence-corrected chi connectivity index (χ1v) is 33.8. The Labute approximate surface area is 479 Å². The van der Waals surface area contributed by atoms with E-state index in [1.807, 2.05) is 0 Å². The van der Waals surface area contributed by atoms with Crippen molar-refractivity contribution >= 4 is 17.9 Å². The van der Waals surface area contributed by atoms with E-state index in [1.165, 1.54) is 225 Å². The van der Waals surface area contributed by atoms with E-state index in [1.54, 1.807) is 0 Å². The molecule has 77 heavy (non-hydrogen) atoms. The third-order valence-corrected chi connectivity index (χ3v) is 15.0. The van der Waals surface area contributed by atoms with Crippen LogP contribution in [0.4, 0.5) is 0 Å². The van der Waals surface area contributed by atoms with E-state index in [0.717, 1.165) is 89.9 Å². The van der Waals surface area contributed by atoms with Crippen LogP contribution in [0.5, 0.6) is 0 Å². The maximum Gasteiger partial charge on any atom is 0.306 e. The number of hydrogen-bond acceptors (Lipinski definition) is 6. The Morgan fingerprint density at radius 1 is 0.260 bits per heavy atom. The second-order valence-electron chi connectivity index (χ2n) is 22.7. The second-order valence-corrected chi connectivity index (χ2v) is 22.7. The number of ether oxygens (including phenoxy) is 3. The number of allylic oxidation sites excluding steroid dienone is 10. The standard InChI is InChI=1S/C71H128O6/c1-4-7-10-13-15-17-19-21-23-25-27-29-31-32-33-34-35-36-37-38-40-41-43-45-47-49-51-53-55-58-61-64-70(73)76-67-68(66-75-69(72)63-60-57-12-9-6-3)77-71(74)65-62-59-56-54-52-50-48-46-44-42-39-30-28-26-24-22-20-18-16-14-11-8-5-2/h19-22,25-28,39,42,68H,4-18,23-24,29-38,40-41,43-67H2,1-3H3/b21-19-,22-20-,27-25-,28-26-,42-39-. The highest BCUT2D eigenvalue weighted by molar-refractivity contribution is 5.71. The molecule has 0 aliphatic heterocycles. The molecule has 0 heterocycles. The predicted molar refractivity (Wildman–Crippen MR) is 335 cm³/mol. The van der Waals surface area contributed by atoms with E-state index in [4.69, 9.17) is 14.2 Å². The van der Waals surface area contributed by atoms with E-state index < -0.39 is 6.10 Å². The molecule has 448 valence electrons. The van der Waals surface area contributed by atoms with Gasteiger partial charge in [-0.3, -0.25) is 14.4 Å². The largest absolute Gasteiger partial charge is 0.462 e. The van der Waals surface area contributed by atoms with Crippen LogP contribution in [0.25, 0.3) is 0 Å². The van der Waals surface area contributed by atoms with Crippen molar-refractivity contribution in [1.29, 1.82) is 0 Å². The van der Waals surface area contributed by atoms with Crippen molar-refractivity contribution in [3.05, 3.63) is 60.8 Å². The van der Waals surface area contributed by atoms with Crippen LogP contribution in [-0.4, -0.2) is 37.2 Å². The number of hydrogen-bond donors (Lipinski definition) is 0. The average Bonchev–Trinajstić information content (AvgIpc) is 3.43. The van der Waals surface area contributed by atoms with Gasteiger partial charge in [-0.2, -0.15) is 0 Å². The van der Waals surface area contributed by atoms with Crippen molar-refractivity contribution in [3.63, 3.8) is 0 Å². The molecule has 0 aliphatic carbocycles. The third-order valence-electron chi connectivity index (χ3n) is 15.0. The molecule has 0 spiro atoms. The highest BCUT2D eigenvalue weighted by Crippen LogP contribution is 2.17. The molecule has 0 N–H and O–H groups in total. The summed E-state index contributed by atoms with van der Waals surface area (Å²) >= 11 is 0. The first kappa shape index (κ1) is 74.1. The molecule has 0 aromatic heterocycles. The molecule has 0 bridgehead atoms. The molecule has 6 heteroatoms. The highest BCUT2D eigenvalue weighted by Gasteiger charge is 2.19. The van der Waals surface area contributed by atoms with Crippen molar-refractivity contribution < 1.29 is 28.6 Å². The summed E-state index contributed by atoms with van der Waals surface area (Å²) in [4.78, 5) is 38.0. The van der Waals surface area contributed by atoms with E-state index in [9.17, 15) is 14.4 Å². The van der Waals surface area contributed by atoms with Crippen molar-refractivity contribution in [2.24, 2.45) is 0 Å². The third kappa shape index (κ3) is 63.8. The predicted octanol–water partition coefficient (Wildman–Crippen LogP) is 23.1. The van der Waals surface area contributed by atoms with Gasteiger partial charge in [-0.1, -0.05) is 306 Å². The molecule has 0 saturated carbocycles. The summed E-state index contributed by atoms with van der Waals surface area (Å²) in [5, 5.41) is 0. The van der Waals surface area contributed by atoms with Gasteiger partial charge in [0.15, 0.2) is 6.10 Å². The Morgan fingerprint density at radius 2 is 0.468 bits per heavy atom. The van der Waals surface area contributed by atoms with Crippen molar-refractivity contribution in [2.75, 3.05) is 13.2 Å². The SMILES string of the molecule is CCCCCCC/C=C\C/C=C\C/C=C\CCCCCCCCCCC(=O)OC(COC(=O)CCCCCCC)COC(=O)CCCCCCCCCCCCCCCCCCCCC/C=C\C/C=C\CCCCCCC. The van der Waals surface area contributed by atoms with Crippen LogP contribution >= 0.6 is 0 Å². The molecule has 0 radical (unpaired) electrons. The molecule has 0 aliphatic rings. The Morgan fingerprint density at radius 3 is 0.727 bits per heavy atom. The lowest BCUT2D eigenvalue weighted by molar-refractivity contribution is -0.167. The van der Waals surface area contributed by atoms with Gasteiger partial charge in [-0.25, -0.2) is 0 Å². The summed E-state index contributed by atoms with van der Waals surface area (Å²) in [6.45, 7) is 6.57. The molecule has 0 amide bonds. The number of carbonyl (C=O) groups excluding carboxylic acids is 3. The van der Waals surface area contributed by atoms with Crippen molar-refractivity contribution in [3.8, 4) is 0 Å². The lowest BCUT2D eigenvalue weighted by Gasteiger charge is -2.18. The Hall–Kier alpha value is -2.89. The summed E-state index contributed by atoms with van der Waals surface area (Å²) in [7, 11) is 0. The lowest BCUT2D eigenvalue weighted by Crippen LogP contribution is -2.30. The molecule has 0 aromatic rings.